The van der Waals surface area contributed by atoms with Gasteiger partial charge in [-0.3, -0.25) is 0 Å². The molecule has 0 atom stereocenters. The third-order valence-corrected chi connectivity index (χ3v) is 4.00. The molecule has 0 N–H and O–H groups in total. The molecular weight excluding hydrogens is 244 g/mol. The van der Waals surface area contributed by atoms with Crippen molar-refractivity contribution in [1.82, 2.24) is 14.9 Å². The quantitative estimate of drug-likeness (QED) is 0.618. The molecule has 0 saturated carbocycles. The van der Waals surface area contributed by atoms with E-state index in [1.54, 1.807) is 36.4 Å². The fraction of sp³-hybridized carbons (Fsp3) is 0.222. The van der Waals surface area contributed by atoms with Crippen molar-refractivity contribution >= 4 is 29.3 Å². The van der Waals surface area contributed by atoms with E-state index in [9.17, 15) is 0 Å². The Morgan fingerprint density at radius 1 is 1.50 bits per heavy atom. The van der Waals surface area contributed by atoms with Crippen LogP contribution in [0.5, 0.6) is 5.06 Å². The molecule has 5 nitrogen and oxygen atoms in total. The van der Waals surface area contributed by atoms with Crippen LogP contribution in [0.25, 0.3) is 0 Å². The number of hydrogen-bond acceptors (Lipinski definition) is 6. The third kappa shape index (κ3) is 2.42. The lowest BCUT2D eigenvalue weighted by atomic mass is 10.4. The molecule has 2 aromatic rings. The second-order valence-electron chi connectivity index (χ2n) is 2.80. The monoisotopic (exact) mass is 254 g/mol. The van der Waals surface area contributed by atoms with Crippen LogP contribution in [-0.4, -0.2) is 34.5 Å². The molecule has 0 bridgehead atoms. The maximum Gasteiger partial charge on any atom is 0.183 e. The predicted molar refractivity (Wildman–Crippen MR) is 65.7 cm³/mol. The molecule has 0 unspecified atom stereocenters. The van der Waals surface area contributed by atoms with Gasteiger partial charge in [0.05, 0.1) is 17.5 Å². The number of aromatic nitrogens is 3. The van der Waals surface area contributed by atoms with Crippen LogP contribution in [0.2, 0.25) is 0 Å². The molecule has 16 heavy (non-hydrogen) atoms. The normalized spacial score (nSPS) is 11.1. The Labute approximate surface area is 101 Å². The van der Waals surface area contributed by atoms with Gasteiger partial charge in [0.15, 0.2) is 5.06 Å². The molecule has 0 fully saturated rings. The van der Waals surface area contributed by atoms with Crippen molar-refractivity contribution < 1.29 is 4.74 Å². The maximum atomic E-state index is 5.27. The second kappa shape index (κ2) is 5.13. The number of hydrogen-bond donors (Lipinski definition) is 0. The molecule has 84 valence electrons. The number of methoxy groups -OCH3 is 1. The molecule has 0 aromatic carbocycles. The minimum absolute atomic E-state index is 0.862. The highest BCUT2D eigenvalue weighted by Gasteiger charge is 2.06. The van der Waals surface area contributed by atoms with E-state index >= 15 is 0 Å². The Morgan fingerprint density at radius 2 is 2.25 bits per heavy atom. The highest BCUT2D eigenvalue weighted by Crippen LogP contribution is 2.34. The Hall–Kier alpha value is -1.34. The van der Waals surface area contributed by atoms with Crippen molar-refractivity contribution in [2.45, 2.75) is 4.21 Å². The van der Waals surface area contributed by atoms with Crippen molar-refractivity contribution in [2.24, 2.45) is 5.10 Å². The Bertz CT molecular complexity index is 478. The zero-order chi connectivity index (χ0) is 11.4. The molecule has 0 radical (unpaired) electrons. The van der Waals surface area contributed by atoms with E-state index in [0.717, 1.165) is 10.6 Å². The second-order valence-corrected chi connectivity index (χ2v) is 4.92. The number of nitrogens with zero attached hydrogens (tertiary/aromatic N) is 4. The Balaban J connectivity index is 2.23. The number of ether oxygens (including phenoxy) is 1. The van der Waals surface area contributed by atoms with E-state index in [1.165, 1.54) is 21.5 Å². The minimum Gasteiger partial charge on any atom is -0.487 e. The topological polar surface area (TPSA) is 52.3 Å². The van der Waals surface area contributed by atoms with Gasteiger partial charge in [0.2, 0.25) is 0 Å². The Kier molecular flexibility index (Phi) is 3.58. The first-order valence-corrected chi connectivity index (χ1v) is 6.48. The van der Waals surface area contributed by atoms with Crippen molar-refractivity contribution in [3.63, 3.8) is 0 Å². The minimum atomic E-state index is 0.862. The Morgan fingerprint density at radius 3 is 2.88 bits per heavy atom. The standard InChI is InChI=1S/C9H10N4OS2/c1-14-9-7(3-8(15-2)16-9)4-12-13-5-10-11-6-13/h3-6H,1-2H3. The van der Waals surface area contributed by atoms with Crippen molar-refractivity contribution in [1.29, 1.82) is 0 Å². The van der Waals surface area contributed by atoms with E-state index in [-0.39, 0.29) is 0 Å². The first kappa shape index (κ1) is 11.2. The zero-order valence-electron chi connectivity index (χ0n) is 8.82. The summed E-state index contributed by atoms with van der Waals surface area (Å²) in [6.07, 6.45) is 6.83. The average molecular weight is 254 g/mol. The van der Waals surface area contributed by atoms with Gasteiger partial charge in [-0.1, -0.05) is 11.3 Å². The smallest absolute Gasteiger partial charge is 0.183 e. The first-order valence-electron chi connectivity index (χ1n) is 4.44. The number of rotatable bonds is 4. The molecule has 0 saturated heterocycles. The summed E-state index contributed by atoms with van der Waals surface area (Å²) in [7, 11) is 1.66. The summed E-state index contributed by atoms with van der Waals surface area (Å²) in [6.45, 7) is 0. The highest BCUT2D eigenvalue weighted by atomic mass is 32.2. The van der Waals surface area contributed by atoms with Crippen molar-refractivity contribution in [2.75, 3.05) is 13.4 Å². The summed E-state index contributed by atoms with van der Waals surface area (Å²) in [5, 5.41) is 12.4. The largest absolute Gasteiger partial charge is 0.487 e. The van der Waals surface area contributed by atoms with Gasteiger partial charge in [-0.25, -0.2) is 4.68 Å². The molecule has 7 heteroatoms. The van der Waals surface area contributed by atoms with E-state index < -0.39 is 0 Å². The number of thiophene rings is 1. The molecule has 0 aliphatic rings. The van der Waals surface area contributed by atoms with Gasteiger partial charge in [0.25, 0.3) is 0 Å². The summed E-state index contributed by atoms with van der Waals surface area (Å²) in [6, 6.07) is 2.04. The summed E-state index contributed by atoms with van der Waals surface area (Å²) in [5.74, 6) is 0. The van der Waals surface area contributed by atoms with Gasteiger partial charge in [0, 0.05) is 5.56 Å². The van der Waals surface area contributed by atoms with Gasteiger partial charge in [-0.05, 0) is 12.3 Å². The van der Waals surface area contributed by atoms with Crippen LogP contribution in [0.15, 0.2) is 28.0 Å². The molecule has 0 amide bonds. The van der Waals surface area contributed by atoms with Gasteiger partial charge < -0.3 is 4.74 Å². The molecule has 0 spiro atoms. The van der Waals surface area contributed by atoms with Crippen LogP contribution < -0.4 is 4.74 Å². The predicted octanol–water partition coefficient (Wildman–Crippen LogP) is 1.95. The molecule has 0 aliphatic carbocycles. The molecule has 2 rings (SSSR count). The maximum absolute atomic E-state index is 5.27. The summed E-state index contributed by atoms with van der Waals surface area (Å²) >= 11 is 3.29. The van der Waals surface area contributed by atoms with Crippen LogP contribution in [0.4, 0.5) is 0 Å². The zero-order valence-corrected chi connectivity index (χ0v) is 10.5. The lowest BCUT2D eigenvalue weighted by molar-refractivity contribution is 0.426. The molecule has 2 aromatic heterocycles. The van der Waals surface area contributed by atoms with Crippen molar-refractivity contribution in [3.05, 3.63) is 24.3 Å². The van der Waals surface area contributed by atoms with Crippen LogP contribution in [0.3, 0.4) is 0 Å². The first-order chi connectivity index (χ1) is 7.83. The molecule has 0 aliphatic heterocycles. The fourth-order valence-electron chi connectivity index (χ4n) is 1.10. The van der Waals surface area contributed by atoms with Crippen LogP contribution in [0.1, 0.15) is 5.56 Å². The van der Waals surface area contributed by atoms with Gasteiger partial charge in [0.1, 0.15) is 12.7 Å². The summed E-state index contributed by atoms with van der Waals surface area (Å²) < 4.78 is 8.01. The average Bonchev–Trinajstić information content (AvgIpc) is 2.95. The SMILES string of the molecule is COc1sc(SC)cc1C=Nn1cnnc1. The third-order valence-electron chi connectivity index (χ3n) is 1.83. The highest BCUT2D eigenvalue weighted by molar-refractivity contribution is 8.00. The van der Waals surface area contributed by atoms with Crippen LogP contribution in [-0.2, 0) is 0 Å². The summed E-state index contributed by atoms with van der Waals surface area (Å²) in [4.78, 5) is 0. The molecular formula is C9H10N4OS2. The van der Waals surface area contributed by atoms with E-state index in [1.807, 2.05) is 12.3 Å². The fourth-order valence-corrected chi connectivity index (χ4v) is 2.59. The lowest BCUT2D eigenvalue weighted by Gasteiger charge is -1.94. The van der Waals surface area contributed by atoms with Gasteiger partial charge in [-0.15, -0.1) is 22.0 Å². The molecule has 2 heterocycles. The van der Waals surface area contributed by atoms with Crippen LogP contribution >= 0.6 is 23.1 Å². The van der Waals surface area contributed by atoms with Crippen molar-refractivity contribution in [3.8, 4) is 5.06 Å². The van der Waals surface area contributed by atoms with Gasteiger partial charge >= 0.3 is 0 Å². The van der Waals surface area contributed by atoms with Gasteiger partial charge in [-0.2, -0.15) is 5.10 Å². The lowest BCUT2D eigenvalue weighted by Crippen LogP contribution is -1.88. The summed E-state index contributed by atoms with van der Waals surface area (Å²) in [5.41, 5.74) is 0.963. The van der Waals surface area contributed by atoms with E-state index in [0.29, 0.717) is 0 Å². The number of thioether (sulfide) groups is 1. The van der Waals surface area contributed by atoms with E-state index in [2.05, 4.69) is 15.3 Å². The van der Waals surface area contributed by atoms with Crippen LogP contribution in [0, 0.1) is 0 Å². The van der Waals surface area contributed by atoms with E-state index in [4.69, 9.17) is 4.74 Å².